The molecule has 0 aliphatic heterocycles. The van der Waals surface area contributed by atoms with E-state index in [4.69, 9.17) is 17.3 Å². The fraction of sp³-hybridized carbons (Fsp3) is 0.0769. The maximum Gasteiger partial charge on any atom is 0.243 e. The zero-order valence-corrected chi connectivity index (χ0v) is 13.8. The number of sulfonamides is 1. The Morgan fingerprint density at radius 3 is 2.62 bits per heavy atom. The normalized spacial score (nSPS) is 11.6. The van der Waals surface area contributed by atoms with Gasteiger partial charge in [0.15, 0.2) is 5.82 Å². The summed E-state index contributed by atoms with van der Waals surface area (Å²) in [4.78, 5) is -0.513. The molecule has 0 bridgehead atoms. The van der Waals surface area contributed by atoms with Gasteiger partial charge in [-0.3, -0.25) is 0 Å². The van der Waals surface area contributed by atoms with Crippen molar-refractivity contribution in [3.8, 4) is 0 Å². The summed E-state index contributed by atoms with van der Waals surface area (Å²) in [5.74, 6) is -0.893. The minimum Gasteiger partial charge on any atom is -0.399 e. The molecule has 8 heteroatoms. The number of nitrogen functional groups attached to an aromatic ring is 1. The lowest BCUT2D eigenvalue weighted by molar-refractivity contribution is 0.554. The van der Waals surface area contributed by atoms with Crippen LogP contribution in [0.3, 0.4) is 0 Å². The van der Waals surface area contributed by atoms with Gasteiger partial charge in [0.2, 0.25) is 10.0 Å². The van der Waals surface area contributed by atoms with Crippen molar-refractivity contribution < 1.29 is 12.8 Å². The van der Waals surface area contributed by atoms with E-state index in [1.807, 2.05) is 0 Å². The van der Waals surface area contributed by atoms with E-state index in [1.165, 1.54) is 6.07 Å². The number of benzene rings is 2. The van der Waals surface area contributed by atoms with Crippen LogP contribution in [0, 0.1) is 5.82 Å². The Kier molecular flexibility index (Phi) is 4.88. The molecule has 0 aliphatic rings. The zero-order chi connectivity index (χ0) is 15.6. The molecule has 0 saturated carbocycles. The third-order valence-corrected chi connectivity index (χ3v) is 5.06. The SMILES string of the molecule is Nc1cc(Br)c(F)c(S(=O)(=O)NCc2ccccc2Cl)c1. The van der Waals surface area contributed by atoms with Crippen molar-refractivity contribution >= 4 is 43.2 Å². The highest BCUT2D eigenvalue weighted by molar-refractivity contribution is 9.10. The monoisotopic (exact) mass is 392 g/mol. The van der Waals surface area contributed by atoms with Crippen molar-refractivity contribution in [3.05, 3.63) is 57.3 Å². The van der Waals surface area contributed by atoms with Crippen LogP contribution in [0.2, 0.25) is 5.02 Å². The zero-order valence-electron chi connectivity index (χ0n) is 10.6. The summed E-state index contributed by atoms with van der Waals surface area (Å²) >= 11 is 8.87. The van der Waals surface area contributed by atoms with Crippen LogP contribution in [0.5, 0.6) is 0 Å². The molecular formula is C13H11BrClFN2O2S. The number of hydrogen-bond donors (Lipinski definition) is 2. The topological polar surface area (TPSA) is 72.2 Å². The average molecular weight is 394 g/mol. The predicted octanol–water partition coefficient (Wildman–Crippen LogP) is 3.30. The van der Waals surface area contributed by atoms with Gasteiger partial charge in [0.1, 0.15) is 4.90 Å². The molecule has 0 heterocycles. The van der Waals surface area contributed by atoms with Gasteiger partial charge in [-0.05, 0) is 39.7 Å². The highest BCUT2D eigenvalue weighted by atomic mass is 79.9. The Morgan fingerprint density at radius 1 is 1.29 bits per heavy atom. The smallest absolute Gasteiger partial charge is 0.243 e. The number of rotatable bonds is 4. The molecule has 0 atom stereocenters. The van der Waals surface area contributed by atoms with Gasteiger partial charge in [0.25, 0.3) is 0 Å². The highest BCUT2D eigenvalue weighted by Crippen LogP contribution is 2.26. The van der Waals surface area contributed by atoms with Gasteiger partial charge < -0.3 is 5.73 Å². The van der Waals surface area contributed by atoms with Gasteiger partial charge in [0, 0.05) is 17.3 Å². The van der Waals surface area contributed by atoms with Gasteiger partial charge in [0.05, 0.1) is 4.47 Å². The first-order valence-corrected chi connectivity index (χ1v) is 8.44. The molecule has 0 saturated heterocycles. The lowest BCUT2D eigenvalue weighted by Gasteiger charge is -2.10. The summed E-state index contributed by atoms with van der Waals surface area (Å²) in [6.45, 7) is -0.0478. The number of halogens is 3. The Hall–Kier alpha value is -1.15. The first-order chi connectivity index (χ1) is 9.81. The molecule has 112 valence electrons. The standard InChI is InChI=1S/C13H11BrClFN2O2S/c14-10-5-9(17)6-12(13(10)16)21(19,20)18-7-8-3-1-2-4-11(8)15/h1-6,18H,7,17H2. The van der Waals surface area contributed by atoms with Crippen molar-refractivity contribution in [2.75, 3.05) is 5.73 Å². The molecule has 0 aliphatic carbocycles. The molecule has 2 aromatic rings. The van der Waals surface area contributed by atoms with Crippen LogP contribution < -0.4 is 10.5 Å². The maximum atomic E-state index is 13.9. The number of nitrogens with one attached hydrogen (secondary N) is 1. The fourth-order valence-electron chi connectivity index (χ4n) is 1.67. The average Bonchev–Trinajstić information content (AvgIpc) is 2.42. The van der Waals surface area contributed by atoms with E-state index in [1.54, 1.807) is 24.3 Å². The molecule has 0 fully saturated rings. The van der Waals surface area contributed by atoms with E-state index < -0.39 is 20.7 Å². The molecule has 2 aromatic carbocycles. The molecule has 21 heavy (non-hydrogen) atoms. The minimum atomic E-state index is -4.04. The lowest BCUT2D eigenvalue weighted by atomic mass is 10.2. The van der Waals surface area contributed by atoms with Gasteiger partial charge >= 0.3 is 0 Å². The number of anilines is 1. The molecular weight excluding hydrogens is 383 g/mol. The van der Waals surface area contributed by atoms with E-state index in [0.717, 1.165) is 6.07 Å². The van der Waals surface area contributed by atoms with Crippen molar-refractivity contribution in [3.63, 3.8) is 0 Å². The van der Waals surface area contributed by atoms with E-state index >= 15 is 0 Å². The first-order valence-electron chi connectivity index (χ1n) is 5.79. The molecule has 0 aromatic heterocycles. The summed E-state index contributed by atoms with van der Waals surface area (Å²) in [6.07, 6.45) is 0. The van der Waals surface area contributed by atoms with Crippen LogP contribution in [-0.2, 0) is 16.6 Å². The summed E-state index contributed by atoms with van der Waals surface area (Å²) in [7, 11) is -4.04. The van der Waals surface area contributed by atoms with Gasteiger partial charge in [-0.2, -0.15) is 0 Å². The summed E-state index contributed by atoms with van der Waals surface area (Å²) in [5, 5.41) is 0.425. The number of nitrogens with two attached hydrogens (primary N) is 1. The van der Waals surface area contributed by atoms with Crippen LogP contribution in [-0.4, -0.2) is 8.42 Å². The van der Waals surface area contributed by atoms with Crippen LogP contribution in [0.25, 0.3) is 0 Å². The largest absolute Gasteiger partial charge is 0.399 e. The second kappa shape index (κ2) is 6.31. The van der Waals surface area contributed by atoms with E-state index in [-0.39, 0.29) is 16.7 Å². The molecule has 0 radical (unpaired) electrons. The summed E-state index contributed by atoms with van der Waals surface area (Å²) < 4.78 is 40.6. The van der Waals surface area contributed by atoms with Crippen molar-refractivity contribution in [2.45, 2.75) is 11.4 Å². The Balaban J connectivity index is 2.30. The molecule has 2 rings (SSSR count). The Labute approximate surface area is 135 Å². The summed E-state index contributed by atoms with van der Waals surface area (Å²) in [5.41, 5.74) is 6.28. The molecule has 0 amide bonds. The minimum absolute atomic E-state index is 0.0133. The van der Waals surface area contributed by atoms with Gasteiger partial charge in [-0.25, -0.2) is 17.5 Å². The van der Waals surface area contributed by atoms with E-state index in [9.17, 15) is 12.8 Å². The lowest BCUT2D eigenvalue weighted by Crippen LogP contribution is -2.24. The van der Waals surface area contributed by atoms with Crippen LogP contribution in [0.1, 0.15) is 5.56 Å². The predicted molar refractivity (Wildman–Crippen MR) is 84.0 cm³/mol. The molecule has 0 spiro atoms. The highest BCUT2D eigenvalue weighted by Gasteiger charge is 2.21. The van der Waals surface area contributed by atoms with Gasteiger partial charge in [-0.1, -0.05) is 29.8 Å². The second-order valence-electron chi connectivity index (χ2n) is 4.23. The van der Waals surface area contributed by atoms with Crippen molar-refractivity contribution in [1.82, 2.24) is 4.72 Å². The van der Waals surface area contributed by atoms with Crippen molar-refractivity contribution in [1.29, 1.82) is 0 Å². The third kappa shape index (κ3) is 3.74. The van der Waals surface area contributed by atoms with Crippen LogP contribution in [0.15, 0.2) is 45.8 Å². The van der Waals surface area contributed by atoms with Crippen molar-refractivity contribution in [2.24, 2.45) is 0 Å². The molecule has 3 N–H and O–H groups in total. The van der Waals surface area contributed by atoms with E-state index in [2.05, 4.69) is 20.7 Å². The van der Waals surface area contributed by atoms with Gasteiger partial charge in [-0.15, -0.1) is 0 Å². The molecule has 0 unspecified atom stereocenters. The molecule has 4 nitrogen and oxygen atoms in total. The quantitative estimate of drug-likeness (QED) is 0.783. The second-order valence-corrected chi connectivity index (χ2v) is 7.23. The van der Waals surface area contributed by atoms with E-state index in [0.29, 0.717) is 10.6 Å². The van der Waals surface area contributed by atoms with Crippen LogP contribution >= 0.6 is 27.5 Å². The Morgan fingerprint density at radius 2 is 1.95 bits per heavy atom. The fourth-order valence-corrected chi connectivity index (χ4v) is 3.62. The number of hydrogen-bond acceptors (Lipinski definition) is 3. The maximum absolute atomic E-state index is 13.9. The van der Waals surface area contributed by atoms with Crippen LogP contribution in [0.4, 0.5) is 10.1 Å². The first kappa shape index (κ1) is 16.2. The Bertz CT molecular complexity index is 784. The third-order valence-electron chi connectivity index (χ3n) is 2.72. The summed E-state index contributed by atoms with van der Waals surface area (Å²) in [6, 6.07) is 9.14.